The zero-order valence-electron chi connectivity index (χ0n) is 24.8. The fourth-order valence-electron chi connectivity index (χ4n) is 5.19. The Morgan fingerprint density at radius 1 is 0.891 bits per heavy atom. The molecule has 0 spiro atoms. The third-order valence-corrected chi connectivity index (χ3v) is 8.69. The van der Waals surface area contributed by atoms with Crippen LogP contribution in [0.5, 0.6) is 11.5 Å². The number of rotatable bonds is 9. The number of halogens is 6. The number of alkyl halides is 6. The number of hydrogen-bond acceptors (Lipinski definition) is 6. The average Bonchev–Trinajstić information content (AvgIpc) is 3.39. The molecule has 6 nitrogen and oxygen atoms in total. The number of piperazine rings is 1. The van der Waals surface area contributed by atoms with Crippen molar-refractivity contribution in [3.05, 3.63) is 99.5 Å². The number of aliphatic imine (C=N–C) groups is 1. The SMILES string of the molecule is COc1cc(C=C2SC(N3CCN(CCCc4ccccc4)CC3)=NC2=O)ccc1OCc1ccc(C(F)(F)F)cc1C(F)(F)F. The highest BCUT2D eigenvalue weighted by Gasteiger charge is 2.38. The highest BCUT2D eigenvalue weighted by molar-refractivity contribution is 8.18. The number of benzene rings is 3. The van der Waals surface area contributed by atoms with Crippen LogP contribution < -0.4 is 9.47 Å². The van der Waals surface area contributed by atoms with E-state index < -0.39 is 35.6 Å². The van der Waals surface area contributed by atoms with E-state index in [2.05, 4.69) is 26.9 Å². The molecule has 13 heteroatoms. The molecule has 0 atom stereocenters. The average molecular weight is 664 g/mol. The van der Waals surface area contributed by atoms with E-state index in [0.29, 0.717) is 21.7 Å². The van der Waals surface area contributed by atoms with E-state index in [1.165, 1.54) is 30.5 Å². The molecule has 2 aliphatic rings. The van der Waals surface area contributed by atoms with Crippen molar-refractivity contribution in [2.45, 2.75) is 31.8 Å². The highest BCUT2D eigenvalue weighted by atomic mass is 32.2. The van der Waals surface area contributed by atoms with Gasteiger partial charge in [0.2, 0.25) is 0 Å². The number of nitrogens with zero attached hydrogens (tertiary/aromatic N) is 3. The van der Waals surface area contributed by atoms with Crippen LogP contribution in [0, 0.1) is 0 Å². The first-order valence-electron chi connectivity index (χ1n) is 14.5. The fraction of sp³-hybridized carbons (Fsp3) is 0.333. The van der Waals surface area contributed by atoms with Gasteiger partial charge in [-0.05, 0) is 72.6 Å². The molecule has 2 heterocycles. The summed E-state index contributed by atoms with van der Waals surface area (Å²) in [5.41, 5.74) is -1.39. The molecule has 0 aromatic heterocycles. The Bertz CT molecular complexity index is 1600. The summed E-state index contributed by atoms with van der Waals surface area (Å²) < 4.78 is 90.5. The molecule has 2 aliphatic heterocycles. The van der Waals surface area contributed by atoms with E-state index in [0.717, 1.165) is 51.6 Å². The Balaban J connectivity index is 1.17. The third-order valence-electron chi connectivity index (χ3n) is 7.65. The van der Waals surface area contributed by atoms with Crippen LogP contribution >= 0.6 is 11.8 Å². The second-order valence-electron chi connectivity index (χ2n) is 10.8. The summed E-state index contributed by atoms with van der Waals surface area (Å²) in [5, 5.41) is 0.643. The van der Waals surface area contributed by atoms with Crippen molar-refractivity contribution >= 4 is 28.9 Å². The number of amidine groups is 1. The lowest BCUT2D eigenvalue weighted by molar-refractivity contribution is -0.143. The smallest absolute Gasteiger partial charge is 0.416 e. The zero-order valence-corrected chi connectivity index (χ0v) is 25.6. The monoisotopic (exact) mass is 663 g/mol. The van der Waals surface area contributed by atoms with Crippen LogP contribution in [-0.4, -0.2) is 60.7 Å². The second-order valence-corrected chi connectivity index (χ2v) is 11.8. The molecule has 0 aliphatic carbocycles. The minimum Gasteiger partial charge on any atom is -0.493 e. The molecule has 3 aromatic carbocycles. The Labute approximate surface area is 266 Å². The van der Waals surface area contributed by atoms with Gasteiger partial charge in [-0.2, -0.15) is 31.3 Å². The van der Waals surface area contributed by atoms with Gasteiger partial charge in [0.1, 0.15) is 6.61 Å². The third kappa shape index (κ3) is 8.43. The quantitative estimate of drug-likeness (QED) is 0.174. The molecule has 1 amide bonds. The van der Waals surface area contributed by atoms with E-state index >= 15 is 0 Å². The Hall–Kier alpha value is -3.97. The number of carbonyl (C=O) groups is 1. The van der Waals surface area contributed by atoms with Crippen LogP contribution in [0.25, 0.3) is 6.08 Å². The summed E-state index contributed by atoms with van der Waals surface area (Å²) in [7, 11) is 1.34. The van der Waals surface area contributed by atoms with E-state index in [1.54, 1.807) is 18.2 Å². The van der Waals surface area contributed by atoms with Gasteiger partial charge in [-0.3, -0.25) is 9.69 Å². The van der Waals surface area contributed by atoms with E-state index in [-0.39, 0.29) is 23.5 Å². The summed E-state index contributed by atoms with van der Waals surface area (Å²) >= 11 is 1.28. The number of carbonyl (C=O) groups excluding carboxylic acids is 1. The molecule has 244 valence electrons. The molecular formula is C33H31F6N3O3S. The minimum absolute atomic E-state index is 0.0743. The lowest BCUT2D eigenvalue weighted by atomic mass is 10.0. The molecule has 0 unspecified atom stereocenters. The molecule has 0 saturated carbocycles. The Kier molecular flexibility index (Phi) is 10.3. The molecule has 0 bridgehead atoms. The number of thioether (sulfide) groups is 1. The topological polar surface area (TPSA) is 54.4 Å². The molecule has 46 heavy (non-hydrogen) atoms. The predicted molar refractivity (Wildman–Crippen MR) is 165 cm³/mol. The van der Waals surface area contributed by atoms with Crippen molar-refractivity contribution in [3.63, 3.8) is 0 Å². The van der Waals surface area contributed by atoms with Gasteiger partial charge in [0.05, 0.1) is 23.1 Å². The zero-order chi connectivity index (χ0) is 32.9. The summed E-state index contributed by atoms with van der Waals surface area (Å²) in [6, 6.07) is 16.4. The summed E-state index contributed by atoms with van der Waals surface area (Å²) in [6.45, 7) is 3.62. The van der Waals surface area contributed by atoms with Crippen LogP contribution in [0.2, 0.25) is 0 Å². The van der Waals surface area contributed by atoms with Crippen molar-refractivity contribution in [2.24, 2.45) is 4.99 Å². The Morgan fingerprint density at radius 2 is 1.63 bits per heavy atom. The second kappa shape index (κ2) is 14.2. The molecule has 0 N–H and O–H groups in total. The fourth-order valence-corrected chi connectivity index (χ4v) is 6.15. The normalized spacial score (nSPS) is 17.0. The van der Waals surface area contributed by atoms with Gasteiger partial charge in [0, 0.05) is 31.7 Å². The van der Waals surface area contributed by atoms with Crippen molar-refractivity contribution < 1.29 is 40.6 Å². The van der Waals surface area contributed by atoms with Gasteiger partial charge in [-0.1, -0.05) is 42.5 Å². The first-order chi connectivity index (χ1) is 21.9. The Morgan fingerprint density at radius 3 is 2.30 bits per heavy atom. The van der Waals surface area contributed by atoms with Gasteiger partial charge in [-0.15, -0.1) is 0 Å². The number of ether oxygens (including phenoxy) is 2. The van der Waals surface area contributed by atoms with Crippen molar-refractivity contribution in [1.29, 1.82) is 0 Å². The summed E-state index contributed by atoms with van der Waals surface area (Å²) in [6.07, 6.45) is -6.18. The number of aryl methyl sites for hydroxylation is 1. The van der Waals surface area contributed by atoms with Crippen molar-refractivity contribution in [3.8, 4) is 11.5 Å². The van der Waals surface area contributed by atoms with Crippen LogP contribution in [0.4, 0.5) is 26.3 Å². The van der Waals surface area contributed by atoms with Gasteiger partial charge in [0.25, 0.3) is 5.91 Å². The first kappa shape index (κ1) is 33.4. The largest absolute Gasteiger partial charge is 0.493 e. The first-order valence-corrected chi connectivity index (χ1v) is 15.3. The maximum Gasteiger partial charge on any atom is 0.416 e. The number of methoxy groups -OCH3 is 1. The van der Waals surface area contributed by atoms with Gasteiger partial charge in [0.15, 0.2) is 16.7 Å². The molecular weight excluding hydrogens is 632 g/mol. The molecule has 0 radical (unpaired) electrons. The van der Waals surface area contributed by atoms with E-state index in [9.17, 15) is 31.1 Å². The van der Waals surface area contributed by atoms with Gasteiger partial charge < -0.3 is 14.4 Å². The molecule has 1 saturated heterocycles. The minimum atomic E-state index is -5.01. The van der Waals surface area contributed by atoms with Crippen LogP contribution in [0.3, 0.4) is 0 Å². The van der Waals surface area contributed by atoms with Crippen LogP contribution in [0.1, 0.15) is 34.2 Å². The van der Waals surface area contributed by atoms with Gasteiger partial charge in [-0.25, -0.2) is 0 Å². The number of amides is 1. The van der Waals surface area contributed by atoms with Crippen LogP contribution in [0.15, 0.2) is 76.6 Å². The van der Waals surface area contributed by atoms with E-state index in [4.69, 9.17) is 9.47 Å². The van der Waals surface area contributed by atoms with Crippen molar-refractivity contribution in [1.82, 2.24) is 9.80 Å². The van der Waals surface area contributed by atoms with Gasteiger partial charge >= 0.3 is 12.4 Å². The summed E-state index contributed by atoms with van der Waals surface area (Å²) in [5.74, 6) is -0.108. The summed E-state index contributed by atoms with van der Waals surface area (Å²) in [4.78, 5) is 21.9. The maximum atomic E-state index is 13.5. The highest BCUT2D eigenvalue weighted by Crippen LogP contribution is 2.39. The molecule has 1 fully saturated rings. The van der Waals surface area contributed by atoms with Crippen LogP contribution in [-0.2, 0) is 30.2 Å². The van der Waals surface area contributed by atoms with Crippen molar-refractivity contribution in [2.75, 3.05) is 39.8 Å². The lowest BCUT2D eigenvalue weighted by Gasteiger charge is -2.35. The number of hydrogen-bond donors (Lipinski definition) is 0. The molecule has 3 aromatic rings. The predicted octanol–water partition coefficient (Wildman–Crippen LogP) is 7.53. The van der Waals surface area contributed by atoms with E-state index in [1.807, 2.05) is 18.2 Å². The molecule has 5 rings (SSSR count). The standard InChI is InChI=1S/C33H31F6N3O3S/c1-44-28-18-23(9-12-27(28)45-21-24-10-11-25(32(34,35)36)20-26(24)33(37,38)39)19-29-30(43)40-31(46-29)42-16-14-41(15-17-42)13-5-8-22-6-3-2-4-7-22/h2-4,6-7,9-12,18-20H,5,8,13-17,21H2,1H3. The lowest BCUT2D eigenvalue weighted by Crippen LogP contribution is -2.47. The maximum absolute atomic E-state index is 13.5.